The van der Waals surface area contributed by atoms with Crippen molar-refractivity contribution in [2.45, 2.75) is 11.0 Å². The third kappa shape index (κ3) is 3.34. The highest BCUT2D eigenvalue weighted by molar-refractivity contribution is 7.89. The zero-order valence-corrected chi connectivity index (χ0v) is 15.8. The molecule has 146 valence electrons. The molecule has 0 aromatic heterocycles. The summed E-state index contributed by atoms with van der Waals surface area (Å²) in [6.07, 6.45) is -1.24. The van der Waals surface area contributed by atoms with Gasteiger partial charge in [0.25, 0.3) is 5.91 Å². The molecule has 0 unspecified atom stereocenters. The summed E-state index contributed by atoms with van der Waals surface area (Å²) in [5, 5.41) is 10.3. The number of halogens is 1. The van der Waals surface area contributed by atoms with Crippen LogP contribution in [0.25, 0.3) is 0 Å². The van der Waals surface area contributed by atoms with Crippen LogP contribution in [0.3, 0.4) is 0 Å². The van der Waals surface area contributed by atoms with Gasteiger partial charge in [0.05, 0.1) is 4.90 Å². The van der Waals surface area contributed by atoms with Crippen LogP contribution in [0.5, 0.6) is 0 Å². The van der Waals surface area contributed by atoms with Crippen molar-refractivity contribution in [3.63, 3.8) is 0 Å². The first-order chi connectivity index (χ1) is 13.4. The van der Waals surface area contributed by atoms with Crippen LogP contribution in [0.2, 0.25) is 0 Å². The summed E-state index contributed by atoms with van der Waals surface area (Å²) in [7, 11) is -3.80. The van der Waals surface area contributed by atoms with Gasteiger partial charge < -0.3 is 10.0 Å². The Bertz CT molecular complexity index is 1030. The molecule has 4 rings (SSSR count). The van der Waals surface area contributed by atoms with Gasteiger partial charge in [0.15, 0.2) is 6.10 Å². The number of carbonyl (C=O) groups is 1. The second-order valence-electron chi connectivity index (χ2n) is 6.95. The third-order valence-corrected chi connectivity index (χ3v) is 6.88. The summed E-state index contributed by atoms with van der Waals surface area (Å²) < 4.78 is 40.2. The van der Waals surface area contributed by atoms with Crippen molar-refractivity contribution in [1.82, 2.24) is 9.21 Å². The average Bonchev–Trinajstić information content (AvgIpc) is 3.27. The van der Waals surface area contributed by atoms with Crippen molar-refractivity contribution < 1.29 is 22.7 Å². The van der Waals surface area contributed by atoms with Crippen molar-refractivity contribution in [2.75, 3.05) is 26.2 Å². The topological polar surface area (TPSA) is 77.9 Å². The van der Waals surface area contributed by atoms with Gasteiger partial charge in [-0.3, -0.25) is 4.79 Å². The van der Waals surface area contributed by atoms with E-state index in [1.54, 1.807) is 30.3 Å². The van der Waals surface area contributed by atoms with Gasteiger partial charge in [-0.05, 0) is 34.9 Å². The molecule has 28 heavy (non-hydrogen) atoms. The van der Waals surface area contributed by atoms with Gasteiger partial charge in [-0.15, -0.1) is 0 Å². The molecule has 0 spiro atoms. The molecule has 0 saturated heterocycles. The molecule has 0 fully saturated rings. The van der Waals surface area contributed by atoms with Crippen LogP contribution in [-0.2, 0) is 14.8 Å². The van der Waals surface area contributed by atoms with Crippen molar-refractivity contribution >= 4 is 15.9 Å². The molecule has 0 aliphatic carbocycles. The Morgan fingerprint density at radius 2 is 1.61 bits per heavy atom. The minimum atomic E-state index is -3.80. The molecule has 0 bridgehead atoms. The lowest BCUT2D eigenvalue weighted by Crippen LogP contribution is -2.38. The highest BCUT2D eigenvalue weighted by Crippen LogP contribution is 2.31. The third-order valence-electron chi connectivity index (χ3n) is 5.09. The van der Waals surface area contributed by atoms with Gasteiger partial charge >= 0.3 is 0 Å². The number of carbonyl (C=O) groups excluding carboxylic acids is 1. The molecule has 2 aromatic carbocycles. The second kappa shape index (κ2) is 7.12. The molecule has 8 heteroatoms. The molecule has 2 heterocycles. The molecule has 1 atom stereocenters. The van der Waals surface area contributed by atoms with Gasteiger partial charge in [0.2, 0.25) is 10.0 Å². The lowest BCUT2D eigenvalue weighted by molar-refractivity contribution is -0.139. The molecule has 2 aliphatic heterocycles. The molecule has 2 aromatic rings. The van der Waals surface area contributed by atoms with E-state index < -0.39 is 27.9 Å². The maximum Gasteiger partial charge on any atom is 0.256 e. The van der Waals surface area contributed by atoms with Gasteiger partial charge in [-0.25, -0.2) is 12.8 Å². The smallest absolute Gasteiger partial charge is 0.256 e. The average molecular weight is 402 g/mol. The normalized spacial score (nSPS) is 18.4. The predicted molar refractivity (Wildman–Crippen MR) is 100 cm³/mol. The fourth-order valence-electron chi connectivity index (χ4n) is 3.60. The van der Waals surface area contributed by atoms with Crippen molar-refractivity contribution in [3.05, 3.63) is 77.1 Å². The van der Waals surface area contributed by atoms with E-state index in [0.717, 1.165) is 17.2 Å². The number of benzene rings is 2. The number of rotatable bonds is 4. The van der Waals surface area contributed by atoms with Crippen molar-refractivity contribution in [3.8, 4) is 0 Å². The summed E-state index contributed by atoms with van der Waals surface area (Å²) in [6, 6.07) is 13.6. The summed E-state index contributed by atoms with van der Waals surface area (Å²) >= 11 is 0. The van der Waals surface area contributed by atoms with Gasteiger partial charge in [0.1, 0.15) is 5.82 Å². The highest BCUT2D eigenvalue weighted by Gasteiger charge is 2.38. The first-order valence-corrected chi connectivity index (χ1v) is 10.3. The Balaban J connectivity index is 1.43. The van der Waals surface area contributed by atoms with Gasteiger partial charge in [-0.2, -0.15) is 4.31 Å². The zero-order chi connectivity index (χ0) is 19.9. The first kappa shape index (κ1) is 18.8. The minimum Gasteiger partial charge on any atom is -0.378 e. The Morgan fingerprint density at radius 3 is 2.21 bits per heavy atom. The Labute approximate surface area is 162 Å². The van der Waals surface area contributed by atoms with Gasteiger partial charge in [0, 0.05) is 26.2 Å². The molecule has 0 saturated carbocycles. The first-order valence-electron chi connectivity index (χ1n) is 8.83. The van der Waals surface area contributed by atoms with E-state index in [1.165, 1.54) is 27.4 Å². The Kier molecular flexibility index (Phi) is 4.78. The monoisotopic (exact) mass is 402 g/mol. The van der Waals surface area contributed by atoms with E-state index >= 15 is 0 Å². The number of aliphatic hydroxyl groups excluding tert-OH is 1. The van der Waals surface area contributed by atoms with Crippen molar-refractivity contribution in [1.29, 1.82) is 0 Å². The number of hydrogen-bond donors (Lipinski definition) is 1. The minimum absolute atomic E-state index is 0.0823. The largest absolute Gasteiger partial charge is 0.378 e. The highest BCUT2D eigenvalue weighted by atomic mass is 32.2. The van der Waals surface area contributed by atoms with Crippen LogP contribution in [0.1, 0.15) is 11.7 Å². The van der Waals surface area contributed by atoms with Gasteiger partial charge in [-0.1, -0.05) is 36.4 Å². The molecule has 6 nitrogen and oxygen atoms in total. The molecular formula is C20H19FN2O4S. The lowest BCUT2D eigenvalue weighted by Gasteiger charge is -2.24. The maximum atomic E-state index is 13.4. The number of aliphatic hydroxyl groups is 1. The molecule has 1 amide bonds. The van der Waals surface area contributed by atoms with Crippen LogP contribution in [0.15, 0.2) is 70.6 Å². The molecular weight excluding hydrogens is 383 g/mol. The van der Waals surface area contributed by atoms with Crippen LogP contribution < -0.4 is 0 Å². The van der Waals surface area contributed by atoms with E-state index in [4.69, 9.17) is 0 Å². The van der Waals surface area contributed by atoms with E-state index in [2.05, 4.69) is 0 Å². The number of sulfonamides is 1. The Hall–Kier alpha value is -2.55. The SMILES string of the molecule is O=C([C@H](O)c1ccccc1)N1CC2=C(C1)CN(S(=O)(=O)c1cccc(F)c1)C2. The molecule has 2 aliphatic rings. The fourth-order valence-corrected chi connectivity index (χ4v) is 5.06. The standard InChI is InChI=1S/C20H19FN2O4S/c21-17-7-4-8-18(9-17)28(26,27)23-12-15-10-22(11-16(15)13-23)20(25)19(24)14-5-2-1-3-6-14/h1-9,19,24H,10-13H2/t19-/m1/s1. The summed E-state index contributed by atoms with van der Waals surface area (Å²) in [5.41, 5.74) is 2.23. The quantitative estimate of drug-likeness (QED) is 0.790. The van der Waals surface area contributed by atoms with E-state index in [1.807, 2.05) is 0 Å². The van der Waals surface area contributed by atoms with E-state index in [9.17, 15) is 22.7 Å². The van der Waals surface area contributed by atoms with Crippen LogP contribution in [-0.4, -0.2) is 54.8 Å². The number of hydrogen-bond acceptors (Lipinski definition) is 4. The van der Waals surface area contributed by atoms with Crippen LogP contribution in [0, 0.1) is 5.82 Å². The van der Waals surface area contributed by atoms with Crippen LogP contribution >= 0.6 is 0 Å². The molecule has 1 N–H and O–H groups in total. The fraction of sp³-hybridized carbons (Fsp3) is 0.250. The van der Waals surface area contributed by atoms with Crippen molar-refractivity contribution in [2.24, 2.45) is 0 Å². The van der Waals surface area contributed by atoms with E-state index in [0.29, 0.717) is 5.56 Å². The second-order valence-corrected chi connectivity index (χ2v) is 8.88. The summed E-state index contributed by atoms with van der Waals surface area (Å²) in [5.74, 6) is -1.01. The number of amides is 1. The van der Waals surface area contributed by atoms with Crippen LogP contribution in [0.4, 0.5) is 4.39 Å². The summed E-state index contributed by atoms with van der Waals surface area (Å²) in [4.78, 5) is 14.0. The maximum absolute atomic E-state index is 13.4. The number of nitrogens with zero attached hydrogens (tertiary/aromatic N) is 2. The molecule has 0 radical (unpaired) electrons. The predicted octanol–water partition coefficient (Wildman–Crippen LogP) is 1.70. The van der Waals surface area contributed by atoms with E-state index in [-0.39, 0.29) is 31.1 Å². The Morgan fingerprint density at radius 1 is 0.964 bits per heavy atom. The summed E-state index contributed by atoms with van der Waals surface area (Å²) in [6.45, 7) is 0.902. The lowest BCUT2D eigenvalue weighted by atomic mass is 10.1. The zero-order valence-electron chi connectivity index (χ0n) is 15.0.